The largest absolute Gasteiger partial charge is 0.300 e. The first-order valence-electron chi connectivity index (χ1n) is 7.59. The van der Waals surface area contributed by atoms with Crippen molar-refractivity contribution in [3.63, 3.8) is 0 Å². The van der Waals surface area contributed by atoms with E-state index in [1.54, 1.807) is 12.1 Å². The Bertz CT molecular complexity index is 807. The Labute approximate surface area is 161 Å². The molecule has 25 heavy (non-hydrogen) atoms. The van der Waals surface area contributed by atoms with Crippen LogP contribution in [0.5, 0.6) is 0 Å². The Kier molecular flexibility index (Phi) is 7.37. The molecule has 0 bridgehead atoms. The predicted octanol–water partition coefficient (Wildman–Crippen LogP) is 4.58. The topological polar surface area (TPSA) is 54.9 Å². The molecule has 3 rings (SSSR count). The number of nitrogens with zero attached hydrogens (tertiary/aromatic N) is 2. The Morgan fingerprint density at radius 3 is 2.40 bits per heavy atom. The molecule has 1 N–H and O–H groups in total. The van der Waals surface area contributed by atoms with E-state index in [1.807, 2.05) is 30.3 Å². The summed E-state index contributed by atoms with van der Waals surface area (Å²) in [6, 6.07) is 17.5. The molecule has 0 atom stereocenters. The van der Waals surface area contributed by atoms with Gasteiger partial charge in [0.15, 0.2) is 0 Å². The standard InChI is InChI=1S/C18H16ClN3OS.ClH/c19-15-9-6-14(7-10-15)12-16(23)20-18-22-21-17(24-18)11-8-13-4-2-1-3-5-13;/h1-7,9-10H,8,11-12H2,(H,20,22,23);1H. The molecule has 130 valence electrons. The number of carbonyl (C=O) groups excluding carboxylic acids is 1. The molecule has 1 amide bonds. The van der Waals surface area contributed by atoms with Crippen LogP contribution in [0.25, 0.3) is 0 Å². The van der Waals surface area contributed by atoms with Crippen molar-refractivity contribution in [2.24, 2.45) is 0 Å². The molecule has 0 saturated carbocycles. The van der Waals surface area contributed by atoms with Crippen LogP contribution in [-0.2, 0) is 24.1 Å². The number of carbonyl (C=O) groups is 1. The fourth-order valence-corrected chi connectivity index (χ4v) is 3.13. The molecule has 0 saturated heterocycles. The molecule has 0 aliphatic carbocycles. The van der Waals surface area contributed by atoms with Crippen LogP contribution in [0.4, 0.5) is 5.13 Å². The molecule has 7 heteroatoms. The third kappa shape index (κ3) is 6.12. The number of nitrogens with one attached hydrogen (secondary N) is 1. The minimum atomic E-state index is -0.108. The molecular weight excluding hydrogens is 377 g/mol. The Balaban J connectivity index is 0.00000225. The number of aromatic nitrogens is 2. The van der Waals surface area contributed by atoms with Crippen LogP contribution >= 0.6 is 35.3 Å². The predicted molar refractivity (Wildman–Crippen MR) is 105 cm³/mol. The Morgan fingerprint density at radius 1 is 0.960 bits per heavy atom. The monoisotopic (exact) mass is 393 g/mol. The van der Waals surface area contributed by atoms with Crippen molar-refractivity contribution in [2.45, 2.75) is 19.3 Å². The van der Waals surface area contributed by atoms with Gasteiger partial charge in [0.05, 0.1) is 6.42 Å². The molecule has 0 aliphatic heterocycles. The molecule has 4 nitrogen and oxygen atoms in total. The molecule has 3 aromatic rings. The van der Waals surface area contributed by atoms with Crippen molar-refractivity contribution in [2.75, 3.05) is 5.32 Å². The Hall–Kier alpha value is -1.95. The lowest BCUT2D eigenvalue weighted by atomic mass is 10.1. The van der Waals surface area contributed by atoms with Gasteiger partial charge in [0.2, 0.25) is 11.0 Å². The highest BCUT2D eigenvalue weighted by Gasteiger charge is 2.09. The summed E-state index contributed by atoms with van der Waals surface area (Å²) in [5.74, 6) is -0.108. The van der Waals surface area contributed by atoms with E-state index in [0.717, 1.165) is 23.4 Å². The van der Waals surface area contributed by atoms with Gasteiger partial charge in [-0.2, -0.15) is 0 Å². The molecule has 1 heterocycles. The number of amides is 1. The second-order valence-electron chi connectivity index (χ2n) is 5.34. The van der Waals surface area contributed by atoms with Crippen LogP contribution in [-0.4, -0.2) is 16.1 Å². The maximum absolute atomic E-state index is 12.1. The summed E-state index contributed by atoms with van der Waals surface area (Å²) in [5, 5.41) is 13.1. The number of hydrogen-bond donors (Lipinski definition) is 1. The highest BCUT2D eigenvalue weighted by Crippen LogP contribution is 2.18. The van der Waals surface area contributed by atoms with Gasteiger partial charge in [-0.15, -0.1) is 22.6 Å². The van der Waals surface area contributed by atoms with Gasteiger partial charge in [-0.1, -0.05) is 65.4 Å². The normalized spacial score (nSPS) is 10.1. The van der Waals surface area contributed by atoms with E-state index in [9.17, 15) is 4.79 Å². The van der Waals surface area contributed by atoms with E-state index in [2.05, 4.69) is 27.6 Å². The quantitative estimate of drug-likeness (QED) is 0.666. The fourth-order valence-electron chi connectivity index (χ4n) is 2.25. The summed E-state index contributed by atoms with van der Waals surface area (Å²) in [4.78, 5) is 12.1. The van der Waals surface area contributed by atoms with Crippen molar-refractivity contribution >= 4 is 46.4 Å². The van der Waals surface area contributed by atoms with Crippen LogP contribution in [0.2, 0.25) is 5.02 Å². The average Bonchev–Trinajstić information content (AvgIpc) is 3.03. The zero-order chi connectivity index (χ0) is 16.8. The summed E-state index contributed by atoms with van der Waals surface area (Å²) >= 11 is 7.26. The van der Waals surface area contributed by atoms with Gasteiger partial charge in [-0.3, -0.25) is 4.79 Å². The summed E-state index contributed by atoms with van der Waals surface area (Å²) < 4.78 is 0. The van der Waals surface area contributed by atoms with E-state index >= 15 is 0 Å². The van der Waals surface area contributed by atoms with E-state index in [1.165, 1.54) is 16.9 Å². The maximum atomic E-state index is 12.1. The number of rotatable bonds is 6. The lowest BCUT2D eigenvalue weighted by molar-refractivity contribution is -0.115. The maximum Gasteiger partial charge on any atom is 0.230 e. The van der Waals surface area contributed by atoms with Gasteiger partial charge < -0.3 is 5.32 Å². The molecule has 0 unspecified atom stereocenters. The molecule has 0 aliphatic rings. The molecule has 1 aromatic heterocycles. The van der Waals surface area contributed by atoms with Crippen molar-refractivity contribution in [3.05, 3.63) is 75.8 Å². The average molecular weight is 394 g/mol. The van der Waals surface area contributed by atoms with Crippen molar-refractivity contribution in [1.82, 2.24) is 10.2 Å². The van der Waals surface area contributed by atoms with Crippen LogP contribution in [0.3, 0.4) is 0 Å². The number of anilines is 1. The van der Waals surface area contributed by atoms with Crippen LogP contribution in [0, 0.1) is 0 Å². The van der Waals surface area contributed by atoms with Gasteiger partial charge in [0.25, 0.3) is 0 Å². The second-order valence-corrected chi connectivity index (χ2v) is 6.84. The van der Waals surface area contributed by atoms with E-state index < -0.39 is 0 Å². The molecule has 0 radical (unpaired) electrons. The molecule has 0 spiro atoms. The fraction of sp³-hybridized carbons (Fsp3) is 0.167. The van der Waals surface area contributed by atoms with E-state index in [-0.39, 0.29) is 24.7 Å². The Morgan fingerprint density at radius 2 is 1.68 bits per heavy atom. The van der Waals surface area contributed by atoms with Gasteiger partial charge >= 0.3 is 0 Å². The molecule has 0 fully saturated rings. The van der Waals surface area contributed by atoms with E-state index in [0.29, 0.717) is 10.2 Å². The SMILES string of the molecule is Cl.O=C(Cc1ccc(Cl)cc1)Nc1nnc(CCc2ccccc2)s1. The summed E-state index contributed by atoms with van der Waals surface area (Å²) in [7, 11) is 0. The number of halogens is 2. The van der Waals surface area contributed by atoms with Gasteiger partial charge in [-0.05, 0) is 29.7 Å². The van der Waals surface area contributed by atoms with Crippen LogP contribution < -0.4 is 5.32 Å². The lowest BCUT2D eigenvalue weighted by Crippen LogP contribution is -2.14. The van der Waals surface area contributed by atoms with Gasteiger partial charge in [0, 0.05) is 11.4 Å². The third-order valence-corrected chi connectivity index (χ3v) is 4.61. The first-order chi connectivity index (χ1) is 11.7. The summed E-state index contributed by atoms with van der Waals surface area (Å²) in [6.45, 7) is 0. The minimum absolute atomic E-state index is 0. The summed E-state index contributed by atoms with van der Waals surface area (Å²) in [5.41, 5.74) is 2.17. The van der Waals surface area contributed by atoms with Crippen molar-refractivity contribution in [1.29, 1.82) is 0 Å². The number of aryl methyl sites for hydroxylation is 2. The zero-order valence-corrected chi connectivity index (χ0v) is 15.7. The smallest absolute Gasteiger partial charge is 0.230 e. The van der Waals surface area contributed by atoms with Crippen LogP contribution in [0.1, 0.15) is 16.1 Å². The van der Waals surface area contributed by atoms with Gasteiger partial charge in [-0.25, -0.2) is 0 Å². The second kappa shape index (κ2) is 9.51. The number of hydrogen-bond acceptors (Lipinski definition) is 4. The van der Waals surface area contributed by atoms with Crippen molar-refractivity contribution in [3.8, 4) is 0 Å². The summed E-state index contributed by atoms with van der Waals surface area (Å²) in [6.07, 6.45) is 2.01. The molecular formula is C18H17Cl2N3OS. The zero-order valence-electron chi connectivity index (χ0n) is 13.3. The van der Waals surface area contributed by atoms with Crippen molar-refractivity contribution < 1.29 is 4.79 Å². The van der Waals surface area contributed by atoms with Crippen LogP contribution in [0.15, 0.2) is 54.6 Å². The minimum Gasteiger partial charge on any atom is -0.300 e. The van der Waals surface area contributed by atoms with Gasteiger partial charge in [0.1, 0.15) is 5.01 Å². The first-order valence-corrected chi connectivity index (χ1v) is 8.79. The first kappa shape index (κ1) is 19.4. The van der Waals surface area contributed by atoms with E-state index in [4.69, 9.17) is 11.6 Å². The highest BCUT2D eigenvalue weighted by molar-refractivity contribution is 7.15. The third-order valence-electron chi connectivity index (χ3n) is 3.46. The number of benzene rings is 2. The molecule has 2 aromatic carbocycles. The highest BCUT2D eigenvalue weighted by atomic mass is 35.5. The lowest BCUT2D eigenvalue weighted by Gasteiger charge is -2.01.